The first-order chi connectivity index (χ1) is 10.5. The number of likely N-dealkylation sites (N-methyl/N-ethyl adjacent to an activating group) is 1. The number of hydrogen-bond acceptors (Lipinski definition) is 3. The van der Waals surface area contributed by atoms with Crippen LogP contribution in [0.2, 0.25) is 0 Å². The molecular weight excluding hydrogens is 278 g/mol. The lowest BCUT2D eigenvalue weighted by Crippen LogP contribution is -2.33. The van der Waals surface area contributed by atoms with Crippen molar-refractivity contribution in [3.05, 3.63) is 65.2 Å². The van der Waals surface area contributed by atoms with Gasteiger partial charge in [-0.3, -0.25) is 9.69 Å². The summed E-state index contributed by atoms with van der Waals surface area (Å²) < 4.78 is 0. The van der Waals surface area contributed by atoms with Gasteiger partial charge in [0.2, 0.25) is 0 Å². The SMILES string of the molecule is CCN(Cc1ccccc1)C(C(=O)O)c1cc(C)ccc1O. The third-order valence-corrected chi connectivity index (χ3v) is 3.71. The maximum absolute atomic E-state index is 11.8. The topological polar surface area (TPSA) is 60.8 Å². The van der Waals surface area contributed by atoms with Crippen molar-refractivity contribution in [1.29, 1.82) is 0 Å². The number of nitrogens with zero attached hydrogens (tertiary/aromatic N) is 1. The Bertz CT molecular complexity index is 640. The highest BCUT2D eigenvalue weighted by Crippen LogP contribution is 2.30. The maximum atomic E-state index is 11.8. The summed E-state index contributed by atoms with van der Waals surface area (Å²) in [4.78, 5) is 13.6. The molecule has 0 heterocycles. The fourth-order valence-electron chi connectivity index (χ4n) is 2.58. The lowest BCUT2D eigenvalue weighted by atomic mass is 10.0. The summed E-state index contributed by atoms with van der Waals surface area (Å²) in [6.07, 6.45) is 0. The summed E-state index contributed by atoms with van der Waals surface area (Å²) in [5, 5.41) is 19.7. The molecule has 0 amide bonds. The Morgan fingerprint density at radius 1 is 1.18 bits per heavy atom. The maximum Gasteiger partial charge on any atom is 0.325 e. The fourth-order valence-corrected chi connectivity index (χ4v) is 2.58. The second-order valence-electron chi connectivity index (χ2n) is 5.35. The van der Waals surface area contributed by atoms with Crippen LogP contribution in [0, 0.1) is 6.92 Å². The van der Waals surface area contributed by atoms with Gasteiger partial charge in [0.15, 0.2) is 0 Å². The second-order valence-corrected chi connectivity index (χ2v) is 5.35. The van der Waals surface area contributed by atoms with E-state index in [1.165, 1.54) is 0 Å². The van der Waals surface area contributed by atoms with E-state index in [1.807, 2.05) is 49.1 Å². The van der Waals surface area contributed by atoms with Gasteiger partial charge in [0.05, 0.1) is 0 Å². The van der Waals surface area contributed by atoms with Crippen molar-refractivity contribution < 1.29 is 15.0 Å². The minimum Gasteiger partial charge on any atom is -0.508 e. The van der Waals surface area contributed by atoms with Gasteiger partial charge in [-0.05, 0) is 25.1 Å². The van der Waals surface area contributed by atoms with Crippen LogP contribution in [0.1, 0.15) is 29.7 Å². The normalized spacial score (nSPS) is 12.3. The molecule has 22 heavy (non-hydrogen) atoms. The van der Waals surface area contributed by atoms with E-state index in [-0.39, 0.29) is 5.75 Å². The largest absolute Gasteiger partial charge is 0.508 e. The van der Waals surface area contributed by atoms with Crippen LogP contribution in [0.3, 0.4) is 0 Å². The zero-order valence-electron chi connectivity index (χ0n) is 12.9. The van der Waals surface area contributed by atoms with E-state index < -0.39 is 12.0 Å². The minimum absolute atomic E-state index is 0.0181. The average molecular weight is 299 g/mol. The van der Waals surface area contributed by atoms with Crippen molar-refractivity contribution in [3.8, 4) is 5.75 Å². The van der Waals surface area contributed by atoms with Crippen molar-refractivity contribution in [3.63, 3.8) is 0 Å². The third-order valence-electron chi connectivity index (χ3n) is 3.71. The number of carbonyl (C=O) groups is 1. The smallest absolute Gasteiger partial charge is 0.325 e. The summed E-state index contributed by atoms with van der Waals surface area (Å²) in [5.41, 5.74) is 2.41. The predicted molar refractivity (Wildman–Crippen MR) is 85.7 cm³/mol. The van der Waals surface area contributed by atoms with Gasteiger partial charge in [0.1, 0.15) is 11.8 Å². The Kier molecular flexibility index (Phi) is 5.17. The summed E-state index contributed by atoms with van der Waals surface area (Å²) in [7, 11) is 0. The van der Waals surface area contributed by atoms with Crippen molar-refractivity contribution in [1.82, 2.24) is 4.90 Å². The number of aryl methyl sites for hydroxylation is 1. The van der Waals surface area contributed by atoms with Gasteiger partial charge in [-0.2, -0.15) is 0 Å². The van der Waals surface area contributed by atoms with Gasteiger partial charge in [0.25, 0.3) is 0 Å². The summed E-state index contributed by atoms with van der Waals surface area (Å²) in [6, 6.07) is 13.9. The Morgan fingerprint density at radius 3 is 2.45 bits per heavy atom. The van der Waals surface area contributed by atoms with Crippen molar-refractivity contribution in [2.75, 3.05) is 6.54 Å². The Hall–Kier alpha value is -2.33. The molecule has 0 aliphatic rings. The molecule has 2 aromatic rings. The molecule has 116 valence electrons. The molecule has 4 nitrogen and oxygen atoms in total. The summed E-state index contributed by atoms with van der Waals surface area (Å²) >= 11 is 0. The van der Waals surface area contributed by atoms with Crippen LogP contribution < -0.4 is 0 Å². The quantitative estimate of drug-likeness (QED) is 0.858. The molecule has 2 rings (SSSR count). The first-order valence-electron chi connectivity index (χ1n) is 7.33. The van der Waals surface area contributed by atoms with Crippen molar-refractivity contribution in [2.24, 2.45) is 0 Å². The first kappa shape index (κ1) is 16.0. The van der Waals surface area contributed by atoms with Gasteiger partial charge in [-0.15, -0.1) is 0 Å². The van der Waals surface area contributed by atoms with Gasteiger partial charge in [-0.1, -0.05) is 55.0 Å². The highest BCUT2D eigenvalue weighted by Gasteiger charge is 2.29. The monoisotopic (exact) mass is 299 g/mol. The van der Waals surface area contributed by atoms with Crippen LogP contribution in [0.5, 0.6) is 5.75 Å². The fraction of sp³-hybridized carbons (Fsp3) is 0.278. The number of carboxylic acids is 1. The third kappa shape index (κ3) is 3.65. The van der Waals surface area contributed by atoms with Crippen LogP contribution in [-0.2, 0) is 11.3 Å². The molecule has 0 radical (unpaired) electrons. The van der Waals surface area contributed by atoms with Gasteiger partial charge in [-0.25, -0.2) is 0 Å². The standard InChI is InChI=1S/C18H21NO3/c1-3-19(12-14-7-5-4-6-8-14)17(18(21)22)15-11-13(2)9-10-16(15)20/h4-11,17,20H,3,12H2,1-2H3,(H,21,22). The molecule has 0 spiro atoms. The Balaban J connectivity index is 2.36. The zero-order valence-corrected chi connectivity index (χ0v) is 12.9. The molecule has 0 aliphatic carbocycles. The number of phenols is 1. The van der Waals surface area contributed by atoms with Crippen LogP contribution in [0.25, 0.3) is 0 Å². The number of carboxylic acid groups (broad SMARTS) is 1. The molecule has 2 N–H and O–H groups in total. The van der Waals surface area contributed by atoms with E-state index in [4.69, 9.17) is 0 Å². The summed E-state index contributed by atoms with van der Waals surface area (Å²) in [6.45, 7) is 4.89. The molecule has 0 fully saturated rings. The van der Waals surface area contributed by atoms with Crippen LogP contribution in [-0.4, -0.2) is 27.6 Å². The average Bonchev–Trinajstić information content (AvgIpc) is 2.50. The van der Waals surface area contributed by atoms with Gasteiger partial charge in [0, 0.05) is 12.1 Å². The number of rotatable bonds is 6. The zero-order chi connectivity index (χ0) is 16.1. The van der Waals surface area contributed by atoms with Gasteiger partial charge >= 0.3 is 5.97 Å². The molecule has 0 aromatic heterocycles. The highest BCUT2D eigenvalue weighted by molar-refractivity contribution is 5.76. The number of benzene rings is 2. The molecule has 0 aliphatic heterocycles. The number of phenolic OH excluding ortho intramolecular Hbond substituents is 1. The molecule has 0 saturated heterocycles. The lowest BCUT2D eigenvalue weighted by Gasteiger charge is -2.28. The highest BCUT2D eigenvalue weighted by atomic mass is 16.4. The Morgan fingerprint density at radius 2 is 1.86 bits per heavy atom. The van der Waals surface area contributed by atoms with E-state index in [1.54, 1.807) is 18.2 Å². The predicted octanol–water partition coefficient (Wildman–Crippen LogP) is 3.35. The van der Waals surface area contributed by atoms with Crippen LogP contribution in [0.4, 0.5) is 0 Å². The van der Waals surface area contributed by atoms with E-state index in [9.17, 15) is 15.0 Å². The molecule has 1 atom stereocenters. The van der Waals surface area contributed by atoms with Crippen LogP contribution >= 0.6 is 0 Å². The molecular formula is C18H21NO3. The number of aliphatic carboxylic acids is 1. The molecule has 0 bridgehead atoms. The first-order valence-corrected chi connectivity index (χ1v) is 7.33. The molecule has 1 unspecified atom stereocenters. The summed E-state index contributed by atoms with van der Waals surface area (Å²) in [5.74, 6) is -0.941. The minimum atomic E-state index is -0.960. The Labute approximate surface area is 130 Å². The molecule has 2 aromatic carbocycles. The number of hydrogen-bond donors (Lipinski definition) is 2. The van der Waals surface area contributed by atoms with Gasteiger partial charge < -0.3 is 10.2 Å². The molecule has 4 heteroatoms. The van der Waals surface area contributed by atoms with Crippen molar-refractivity contribution in [2.45, 2.75) is 26.4 Å². The molecule has 0 saturated carbocycles. The van der Waals surface area contributed by atoms with Crippen molar-refractivity contribution >= 4 is 5.97 Å². The van der Waals surface area contributed by atoms with E-state index in [2.05, 4.69) is 0 Å². The number of aromatic hydroxyl groups is 1. The second kappa shape index (κ2) is 7.09. The van der Waals surface area contributed by atoms with E-state index in [0.29, 0.717) is 18.7 Å². The lowest BCUT2D eigenvalue weighted by molar-refractivity contribution is -0.143. The van der Waals surface area contributed by atoms with E-state index >= 15 is 0 Å². The van der Waals surface area contributed by atoms with Crippen LogP contribution in [0.15, 0.2) is 48.5 Å². The van der Waals surface area contributed by atoms with E-state index in [0.717, 1.165) is 11.1 Å².